The van der Waals surface area contributed by atoms with E-state index in [0.717, 1.165) is 6.54 Å². The van der Waals surface area contributed by atoms with Crippen molar-refractivity contribution in [3.8, 4) is 5.75 Å². The number of hydrogen-bond acceptors (Lipinski definition) is 6. The zero-order valence-corrected chi connectivity index (χ0v) is 11.5. The average molecular weight is 296 g/mol. The Bertz CT molecular complexity index is 552. The number of morpholine rings is 1. The molecule has 1 aromatic heterocycles. The first-order valence-corrected chi connectivity index (χ1v) is 6.72. The molecular formula is C13H14ClN3O3. The molecule has 1 atom stereocenters. The fraction of sp³-hybridized carbons (Fsp3) is 0.385. The van der Waals surface area contributed by atoms with Gasteiger partial charge in [0.2, 0.25) is 5.82 Å². The van der Waals surface area contributed by atoms with E-state index in [1.54, 1.807) is 24.3 Å². The highest BCUT2D eigenvalue weighted by molar-refractivity contribution is 6.30. The average Bonchev–Trinajstić information content (AvgIpc) is 2.97. The van der Waals surface area contributed by atoms with Crippen LogP contribution in [-0.2, 0) is 11.3 Å². The van der Waals surface area contributed by atoms with Gasteiger partial charge < -0.3 is 19.3 Å². The third-order valence-electron chi connectivity index (χ3n) is 2.88. The molecule has 6 nitrogen and oxygen atoms in total. The number of aromatic nitrogens is 2. The molecule has 106 valence electrons. The first kappa shape index (κ1) is 13.4. The van der Waals surface area contributed by atoms with E-state index in [-0.39, 0.29) is 12.7 Å². The summed E-state index contributed by atoms with van der Waals surface area (Å²) < 4.78 is 16.2. The van der Waals surface area contributed by atoms with E-state index in [9.17, 15) is 0 Å². The lowest BCUT2D eigenvalue weighted by atomic mass is 10.3. The topological polar surface area (TPSA) is 69.4 Å². The van der Waals surface area contributed by atoms with Crippen molar-refractivity contribution in [1.29, 1.82) is 0 Å². The number of nitrogens with zero attached hydrogens (tertiary/aromatic N) is 2. The van der Waals surface area contributed by atoms with Gasteiger partial charge in [-0.1, -0.05) is 16.8 Å². The second-order valence-corrected chi connectivity index (χ2v) is 4.79. The zero-order valence-electron chi connectivity index (χ0n) is 10.7. The first-order valence-electron chi connectivity index (χ1n) is 6.34. The molecule has 0 amide bonds. The fourth-order valence-corrected chi connectivity index (χ4v) is 1.99. The summed E-state index contributed by atoms with van der Waals surface area (Å²) in [5.41, 5.74) is 0. The normalized spacial score (nSPS) is 18.9. The highest BCUT2D eigenvalue weighted by atomic mass is 35.5. The van der Waals surface area contributed by atoms with Gasteiger partial charge in [0.05, 0.1) is 6.61 Å². The van der Waals surface area contributed by atoms with E-state index in [1.165, 1.54) is 0 Å². The van der Waals surface area contributed by atoms with Gasteiger partial charge in [-0.15, -0.1) is 0 Å². The Morgan fingerprint density at radius 3 is 2.95 bits per heavy atom. The molecule has 2 aromatic rings. The van der Waals surface area contributed by atoms with Crippen molar-refractivity contribution in [2.45, 2.75) is 12.7 Å². The Kier molecular flexibility index (Phi) is 4.15. The summed E-state index contributed by atoms with van der Waals surface area (Å²) in [5.74, 6) is 1.67. The maximum Gasteiger partial charge on any atom is 0.264 e. The summed E-state index contributed by atoms with van der Waals surface area (Å²) in [6, 6.07) is 7.09. The maximum atomic E-state index is 5.80. The van der Waals surface area contributed by atoms with Crippen molar-refractivity contribution in [2.24, 2.45) is 0 Å². The molecule has 20 heavy (non-hydrogen) atoms. The second kappa shape index (κ2) is 6.21. The minimum absolute atomic E-state index is 0.156. The predicted molar refractivity (Wildman–Crippen MR) is 71.6 cm³/mol. The first-order chi connectivity index (χ1) is 9.81. The van der Waals surface area contributed by atoms with E-state index < -0.39 is 0 Å². The Balaban J connectivity index is 1.58. The van der Waals surface area contributed by atoms with E-state index in [0.29, 0.717) is 35.6 Å². The molecule has 1 aliphatic heterocycles. The lowest BCUT2D eigenvalue weighted by molar-refractivity contribution is 0.0208. The predicted octanol–water partition coefficient (Wildman–Crippen LogP) is 1.96. The van der Waals surface area contributed by atoms with Gasteiger partial charge in [-0.3, -0.25) is 0 Å². The lowest BCUT2D eigenvalue weighted by Gasteiger charge is -2.20. The fourth-order valence-electron chi connectivity index (χ4n) is 1.86. The van der Waals surface area contributed by atoms with Crippen molar-refractivity contribution in [3.63, 3.8) is 0 Å². The summed E-state index contributed by atoms with van der Waals surface area (Å²) in [7, 11) is 0. The van der Waals surface area contributed by atoms with Crippen molar-refractivity contribution < 1.29 is 14.0 Å². The van der Waals surface area contributed by atoms with Gasteiger partial charge in [-0.25, -0.2) is 0 Å². The lowest BCUT2D eigenvalue weighted by Crippen LogP contribution is -2.33. The monoisotopic (exact) mass is 295 g/mol. The van der Waals surface area contributed by atoms with Crippen molar-refractivity contribution >= 4 is 11.6 Å². The number of benzene rings is 1. The summed E-state index contributed by atoms with van der Waals surface area (Å²) in [6.45, 7) is 2.41. The van der Waals surface area contributed by atoms with Crippen molar-refractivity contribution in [1.82, 2.24) is 15.5 Å². The number of hydrogen-bond donors (Lipinski definition) is 1. The second-order valence-electron chi connectivity index (χ2n) is 4.35. The van der Waals surface area contributed by atoms with E-state index >= 15 is 0 Å². The molecule has 1 unspecified atom stereocenters. The van der Waals surface area contributed by atoms with E-state index in [1.807, 2.05) is 0 Å². The Morgan fingerprint density at radius 2 is 2.20 bits per heavy atom. The van der Waals surface area contributed by atoms with Crippen LogP contribution in [0.25, 0.3) is 0 Å². The molecule has 1 saturated heterocycles. The van der Waals surface area contributed by atoms with Crippen LogP contribution in [0.15, 0.2) is 28.8 Å². The van der Waals surface area contributed by atoms with Gasteiger partial charge in [-0.05, 0) is 24.3 Å². The maximum absolute atomic E-state index is 5.80. The SMILES string of the molecule is Clc1ccc(OCc2nc(C3CNCCO3)no2)cc1. The highest BCUT2D eigenvalue weighted by Gasteiger charge is 2.21. The quantitative estimate of drug-likeness (QED) is 0.930. The smallest absolute Gasteiger partial charge is 0.264 e. The van der Waals surface area contributed by atoms with Crippen molar-refractivity contribution in [3.05, 3.63) is 41.0 Å². The third-order valence-corrected chi connectivity index (χ3v) is 3.13. The minimum Gasteiger partial charge on any atom is -0.484 e. The Morgan fingerprint density at radius 1 is 1.35 bits per heavy atom. The van der Waals surface area contributed by atoms with Gasteiger partial charge in [0, 0.05) is 18.1 Å². The Labute approximate surface area is 121 Å². The van der Waals surface area contributed by atoms with Gasteiger partial charge in [0.1, 0.15) is 11.9 Å². The number of rotatable bonds is 4. The molecule has 0 aliphatic carbocycles. The van der Waals surface area contributed by atoms with Crippen molar-refractivity contribution in [2.75, 3.05) is 19.7 Å². The molecule has 1 aromatic carbocycles. The highest BCUT2D eigenvalue weighted by Crippen LogP contribution is 2.18. The molecule has 2 heterocycles. The molecule has 3 rings (SSSR count). The number of nitrogens with one attached hydrogen (secondary N) is 1. The van der Waals surface area contributed by atoms with Crippen LogP contribution in [0.5, 0.6) is 5.75 Å². The molecule has 7 heteroatoms. The van der Waals surface area contributed by atoms with Gasteiger partial charge in [0.15, 0.2) is 6.61 Å². The van der Waals surface area contributed by atoms with Crippen LogP contribution in [0.1, 0.15) is 17.8 Å². The summed E-state index contributed by atoms with van der Waals surface area (Å²) in [6.07, 6.45) is -0.156. The molecule has 0 saturated carbocycles. The van der Waals surface area contributed by atoms with Gasteiger partial charge in [0.25, 0.3) is 5.89 Å². The van der Waals surface area contributed by atoms with Crippen LogP contribution in [0.4, 0.5) is 0 Å². The van der Waals surface area contributed by atoms with Crippen LogP contribution in [-0.4, -0.2) is 29.8 Å². The van der Waals surface area contributed by atoms with Crippen LogP contribution in [0, 0.1) is 0 Å². The molecular weight excluding hydrogens is 282 g/mol. The zero-order chi connectivity index (χ0) is 13.8. The molecule has 0 radical (unpaired) electrons. The van der Waals surface area contributed by atoms with Crippen LogP contribution < -0.4 is 10.1 Å². The summed E-state index contributed by atoms with van der Waals surface area (Å²) >= 11 is 5.80. The van der Waals surface area contributed by atoms with Gasteiger partial charge in [-0.2, -0.15) is 4.98 Å². The minimum atomic E-state index is -0.156. The third kappa shape index (κ3) is 3.27. The summed E-state index contributed by atoms with van der Waals surface area (Å²) in [5, 5.41) is 7.80. The molecule has 1 aliphatic rings. The van der Waals surface area contributed by atoms with Gasteiger partial charge >= 0.3 is 0 Å². The largest absolute Gasteiger partial charge is 0.484 e. The Hall–Kier alpha value is -1.63. The summed E-state index contributed by atoms with van der Waals surface area (Å²) in [4.78, 5) is 4.27. The van der Waals surface area contributed by atoms with E-state index in [2.05, 4.69) is 15.5 Å². The van der Waals surface area contributed by atoms with Crippen LogP contribution >= 0.6 is 11.6 Å². The standard InChI is InChI=1S/C13H14ClN3O3/c14-9-1-3-10(4-2-9)19-8-12-16-13(17-20-12)11-7-15-5-6-18-11/h1-4,11,15H,5-8H2. The number of halogens is 1. The number of ether oxygens (including phenoxy) is 2. The van der Waals surface area contributed by atoms with E-state index in [4.69, 9.17) is 25.6 Å². The van der Waals surface area contributed by atoms with Crippen LogP contribution in [0.2, 0.25) is 5.02 Å². The molecule has 1 N–H and O–H groups in total. The van der Waals surface area contributed by atoms with Crippen LogP contribution in [0.3, 0.4) is 0 Å². The molecule has 0 bridgehead atoms. The molecule has 1 fully saturated rings. The molecule has 0 spiro atoms.